The van der Waals surface area contributed by atoms with Gasteiger partial charge in [-0.15, -0.1) is 0 Å². The first-order valence-corrected chi connectivity index (χ1v) is 7.24. The van der Waals surface area contributed by atoms with Crippen molar-refractivity contribution in [2.75, 3.05) is 56.5 Å². The molecule has 2 heterocycles. The molecule has 0 aliphatic carbocycles. The number of anilines is 3. The average molecular weight is 304 g/mol. The summed E-state index contributed by atoms with van der Waals surface area (Å²) < 4.78 is 5.60. The molecule has 22 heavy (non-hydrogen) atoms. The molecule has 2 aromatic rings. The maximum absolute atomic E-state index is 5.60. The van der Waals surface area contributed by atoms with Gasteiger partial charge in [0.15, 0.2) is 0 Å². The largest absolute Gasteiger partial charge is 0.466 e. The number of likely N-dealkylation sites (N-methyl/N-ethyl adjacent to an activating group) is 1. The molecule has 0 amide bonds. The third-order valence-corrected chi connectivity index (χ3v) is 3.23. The summed E-state index contributed by atoms with van der Waals surface area (Å²) in [6.45, 7) is 2.72. The first kappa shape index (κ1) is 16.1. The SMILES string of the molecule is Cc1ccc(CCN(C)c2nc(N(C)C)nc(N(C)C)n2)o1. The summed E-state index contributed by atoms with van der Waals surface area (Å²) in [6.07, 6.45) is 0.810. The van der Waals surface area contributed by atoms with Gasteiger partial charge in [-0.05, 0) is 19.1 Å². The Kier molecular flexibility index (Phi) is 4.85. The van der Waals surface area contributed by atoms with E-state index >= 15 is 0 Å². The van der Waals surface area contributed by atoms with Gasteiger partial charge >= 0.3 is 0 Å². The lowest BCUT2D eigenvalue weighted by Gasteiger charge is -2.21. The molecule has 0 saturated carbocycles. The maximum atomic E-state index is 5.60. The molecule has 0 radical (unpaired) electrons. The lowest BCUT2D eigenvalue weighted by molar-refractivity contribution is 0.482. The molecule has 120 valence electrons. The van der Waals surface area contributed by atoms with Crippen LogP contribution >= 0.6 is 0 Å². The standard InChI is InChI=1S/C15H24N6O/c1-11-7-8-12(22-11)9-10-21(6)15-17-13(19(2)3)16-14(18-15)20(4)5/h7-8H,9-10H2,1-6H3. The van der Waals surface area contributed by atoms with Gasteiger partial charge in [0.05, 0.1) is 0 Å². The molecule has 7 nitrogen and oxygen atoms in total. The van der Waals surface area contributed by atoms with Crippen LogP contribution in [0.3, 0.4) is 0 Å². The van der Waals surface area contributed by atoms with Gasteiger partial charge in [-0.1, -0.05) is 0 Å². The molecule has 0 bridgehead atoms. The van der Waals surface area contributed by atoms with E-state index in [1.54, 1.807) is 0 Å². The van der Waals surface area contributed by atoms with Gasteiger partial charge in [-0.3, -0.25) is 0 Å². The van der Waals surface area contributed by atoms with Crippen molar-refractivity contribution in [2.24, 2.45) is 0 Å². The number of hydrogen-bond acceptors (Lipinski definition) is 7. The van der Waals surface area contributed by atoms with Crippen molar-refractivity contribution in [3.8, 4) is 0 Å². The van der Waals surface area contributed by atoms with Crippen LogP contribution in [0.25, 0.3) is 0 Å². The highest BCUT2D eigenvalue weighted by Gasteiger charge is 2.13. The van der Waals surface area contributed by atoms with E-state index in [0.717, 1.165) is 24.5 Å². The third-order valence-electron chi connectivity index (χ3n) is 3.23. The topological polar surface area (TPSA) is 61.5 Å². The van der Waals surface area contributed by atoms with Crippen LogP contribution in [0.5, 0.6) is 0 Å². The fourth-order valence-corrected chi connectivity index (χ4v) is 1.91. The van der Waals surface area contributed by atoms with Crippen molar-refractivity contribution in [3.05, 3.63) is 23.7 Å². The Balaban J connectivity index is 2.15. The first-order chi connectivity index (χ1) is 10.4. The quantitative estimate of drug-likeness (QED) is 0.803. The number of rotatable bonds is 6. The Hall–Kier alpha value is -2.31. The number of nitrogens with zero attached hydrogens (tertiary/aromatic N) is 6. The Morgan fingerprint density at radius 1 is 0.864 bits per heavy atom. The number of furan rings is 1. The van der Waals surface area contributed by atoms with Crippen LogP contribution in [0, 0.1) is 6.92 Å². The van der Waals surface area contributed by atoms with Gasteiger partial charge in [0.25, 0.3) is 0 Å². The Morgan fingerprint density at radius 3 is 1.86 bits per heavy atom. The molecule has 2 rings (SSSR count). The molecular weight excluding hydrogens is 280 g/mol. The van der Waals surface area contributed by atoms with Crippen molar-refractivity contribution in [2.45, 2.75) is 13.3 Å². The Bertz CT molecular complexity index is 596. The second kappa shape index (κ2) is 6.64. The van der Waals surface area contributed by atoms with Crippen LogP contribution in [0.2, 0.25) is 0 Å². The van der Waals surface area contributed by atoms with Gasteiger partial charge < -0.3 is 19.1 Å². The molecular formula is C15H24N6O. The fraction of sp³-hybridized carbons (Fsp3) is 0.533. The van der Waals surface area contributed by atoms with Crippen LogP contribution in [0.15, 0.2) is 16.5 Å². The van der Waals surface area contributed by atoms with Crippen LogP contribution in [0.4, 0.5) is 17.8 Å². The zero-order valence-electron chi connectivity index (χ0n) is 14.2. The van der Waals surface area contributed by atoms with Gasteiger partial charge in [-0.25, -0.2) is 0 Å². The predicted molar refractivity (Wildman–Crippen MR) is 88.9 cm³/mol. The van der Waals surface area contributed by atoms with Crippen molar-refractivity contribution < 1.29 is 4.42 Å². The van der Waals surface area contributed by atoms with E-state index in [4.69, 9.17) is 4.42 Å². The molecule has 0 saturated heterocycles. The normalized spacial score (nSPS) is 10.6. The summed E-state index contributed by atoms with van der Waals surface area (Å²) >= 11 is 0. The monoisotopic (exact) mass is 304 g/mol. The van der Waals surface area contributed by atoms with Crippen LogP contribution < -0.4 is 14.7 Å². The van der Waals surface area contributed by atoms with Gasteiger partial charge in [-0.2, -0.15) is 15.0 Å². The van der Waals surface area contributed by atoms with Gasteiger partial charge in [0.2, 0.25) is 17.8 Å². The lowest BCUT2D eigenvalue weighted by Crippen LogP contribution is -2.26. The molecule has 0 unspecified atom stereocenters. The summed E-state index contributed by atoms with van der Waals surface area (Å²) in [5.41, 5.74) is 0. The highest BCUT2D eigenvalue weighted by molar-refractivity contribution is 5.44. The van der Waals surface area contributed by atoms with E-state index in [9.17, 15) is 0 Å². The third kappa shape index (κ3) is 3.87. The van der Waals surface area contributed by atoms with E-state index in [1.165, 1.54) is 0 Å². The molecule has 0 atom stereocenters. The maximum Gasteiger partial charge on any atom is 0.231 e. The van der Waals surface area contributed by atoms with Gasteiger partial charge in [0.1, 0.15) is 11.5 Å². The number of aromatic nitrogens is 3. The molecule has 0 spiro atoms. The fourth-order valence-electron chi connectivity index (χ4n) is 1.91. The minimum absolute atomic E-state index is 0.648. The van der Waals surface area contributed by atoms with E-state index in [2.05, 4.69) is 15.0 Å². The van der Waals surface area contributed by atoms with Crippen LogP contribution in [0.1, 0.15) is 11.5 Å². The summed E-state index contributed by atoms with van der Waals surface area (Å²) in [4.78, 5) is 19.2. The number of aryl methyl sites for hydroxylation is 1. The smallest absolute Gasteiger partial charge is 0.231 e. The van der Waals surface area contributed by atoms with Crippen LogP contribution in [-0.2, 0) is 6.42 Å². The zero-order chi connectivity index (χ0) is 16.3. The average Bonchev–Trinajstić information content (AvgIpc) is 2.89. The summed E-state index contributed by atoms with van der Waals surface area (Å²) in [5, 5.41) is 0. The minimum atomic E-state index is 0.648. The summed E-state index contributed by atoms with van der Waals surface area (Å²) in [7, 11) is 9.66. The van der Waals surface area contributed by atoms with Crippen molar-refractivity contribution in [1.82, 2.24) is 15.0 Å². The second-order valence-corrected chi connectivity index (χ2v) is 5.71. The highest BCUT2D eigenvalue weighted by Crippen LogP contribution is 2.16. The zero-order valence-corrected chi connectivity index (χ0v) is 14.2. The molecule has 2 aromatic heterocycles. The van der Waals surface area contributed by atoms with Crippen molar-refractivity contribution >= 4 is 17.8 Å². The van der Waals surface area contributed by atoms with E-state index in [-0.39, 0.29) is 0 Å². The molecule has 0 aliphatic heterocycles. The summed E-state index contributed by atoms with van der Waals surface area (Å²) in [5.74, 6) is 3.86. The second-order valence-electron chi connectivity index (χ2n) is 5.71. The minimum Gasteiger partial charge on any atom is -0.466 e. The molecule has 0 aromatic carbocycles. The van der Waals surface area contributed by atoms with Gasteiger partial charge in [0, 0.05) is 48.2 Å². The van der Waals surface area contributed by atoms with E-state index in [1.807, 2.05) is 69.0 Å². The lowest BCUT2D eigenvalue weighted by atomic mass is 10.3. The number of hydrogen-bond donors (Lipinski definition) is 0. The first-order valence-electron chi connectivity index (χ1n) is 7.24. The van der Waals surface area contributed by atoms with E-state index < -0.39 is 0 Å². The Morgan fingerprint density at radius 2 is 1.41 bits per heavy atom. The van der Waals surface area contributed by atoms with E-state index in [0.29, 0.717) is 17.8 Å². The molecule has 0 N–H and O–H groups in total. The summed E-state index contributed by atoms with van der Waals surface area (Å²) in [6, 6.07) is 3.99. The van der Waals surface area contributed by atoms with Crippen molar-refractivity contribution in [1.29, 1.82) is 0 Å². The molecule has 0 aliphatic rings. The molecule has 7 heteroatoms. The predicted octanol–water partition coefficient (Wildman–Crippen LogP) is 1.58. The molecule has 0 fully saturated rings. The van der Waals surface area contributed by atoms with Crippen LogP contribution in [-0.4, -0.2) is 56.7 Å². The van der Waals surface area contributed by atoms with Crippen molar-refractivity contribution in [3.63, 3.8) is 0 Å². The highest BCUT2D eigenvalue weighted by atomic mass is 16.3. The Labute approximate surface area is 131 Å².